The number of aryl methyl sites for hydroxylation is 1. The summed E-state index contributed by atoms with van der Waals surface area (Å²) in [6, 6.07) is 0. The molecule has 2 aromatic heterocycles. The molecule has 2 aromatic rings. The highest BCUT2D eigenvalue weighted by Crippen LogP contribution is 2.25. The van der Waals surface area contributed by atoms with Gasteiger partial charge in [0.1, 0.15) is 17.3 Å². The maximum absolute atomic E-state index is 12.3. The van der Waals surface area contributed by atoms with Crippen molar-refractivity contribution in [3.63, 3.8) is 0 Å². The molecule has 106 valence electrons. The van der Waals surface area contributed by atoms with Crippen LogP contribution in [-0.2, 0) is 13.1 Å². The van der Waals surface area contributed by atoms with Crippen molar-refractivity contribution >= 4 is 22.4 Å². The van der Waals surface area contributed by atoms with Gasteiger partial charge in [0.25, 0.3) is 5.56 Å². The molecule has 0 fully saturated rings. The zero-order chi connectivity index (χ0) is 15.0. The Morgan fingerprint density at radius 1 is 1.30 bits per heavy atom. The van der Waals surface area contributed by atoms with Crippen molar-refractivity contribution in [2.45, 2.75) is 26.9 Å². The van der Waals surface area contributed by atoms with E-state index in [4.69, 9.17) is 5.73 Å². The Morgan fingerprint density at radius 2 is 1.90 bits per heavy atom. The Hall–Kier alpha value is -2.71. The van der Waals surface area contributed by atoms with E-state index in [-0.39, 0.29) is 29.8 Å². The van der Waals surface area contributed by atoms with Crippen LogP contribution < -0.4 is 17.0 Å². The van der Waals surface area contributed by atoms with Gasteiger partial charge in [-0.1, -0.05) is 0 Å². The molecule has 20 heavy (non-hydrogen) atoms. The predicted molar refractivity (Wildman–Crippen MR) is 72.7 cm³/mol. The Labute approximate surface area is 112 Å². The number of fused-ring (bicyclic) bond motifs is 1. The van der Waals surface area contributed by atoms with Crippen LogP contribution >= 0.6 is 0 Å². The molecular formula is C11H13N5O4. The molecule has 0 saturated heterocycles. The average molecular weight is 279 g/mol. The minimum absolute atomic E-state index is 0.0651. The molecule has 2 N–H and O–H groups in total. The molecule has 0 radical (unpaired) electrons. The summed E-state index contributed by atoms with van der Waals surface area (Å²) in [5, 5.41) is 10.8. The third-order valence-corrected chi connectivity index (χ3v) is 3.08. The second-order valence-electron chi connectivity index (χ2n) is 4.09. The largest absolute Gasteiger partial charge is 0.392 e. The highest BCUT2D eigenvalue weighted by atomic mass is 16.6. The lowest BCUT2D eigenvalue weighted by atomic mass is 10.2. The van der Waals surface area contributed by atoms with Crippen LogP contribution in [0.2, 0.25) is 0 Å². The Kier molecular flexibility index (Phi) is 3.26. The van der Waals surface area contributed by atoms with Gasteiger partial charge in [-0.2, -0.15) is 0 Å². The Morgan fingerprint density at radius 3 is 2.40 bits per heavy atom. The van der Waals surface area contributed by atoms with Crippen molar-refractivity contribution < 1.29 is 4.92 Å². The number of nitrogens with zero attached hydrogens (tertiary/aromatic N) is 4. The molecular weight excluding hydrogens is 266 g/mol. The summed E-state index contributed by atoms with van der Waals surface area (Å²) in [5.41, 5.74) is 3.89. The number of rotatable bonds is 3. The van der Waals surface area contributed by atoms with Crippen LogP contribution in [-0.4, -0.2) is 19.0 Å². The fourth-order valence-electron chi connectivity index (χ4n) is 2.09. The number of aromatic nitrogens is 3. The van der Waals surface area contributed by atoms with Crippen LogP contribution in [0, 0.1) is 10.1 Å². The van der Waals surface area contributed by atoms with Crippen molar-refractivity contribution in [2.24, 2.45) is 0 Å². The molecule has 0 aliphatic rings. The molecule has 9 heteroatoms. The second kappa shape index (κ2) is 4.76. The summed E-state index contributed by atoms with van der Waals surface area (Å²) in [6.45, 7) is 3.77. The van der Waals surface area contributed by atoms with Gasteiger partial charge in [-0.3, -0.25) is 24.0 Å². The number of pyridine rings is 1. The molecule has 0 aliphatic carbocycles. The van der Waals surface area contributed by atoms with Crippen molar-refractivity contribution in [2.75, 3.05) is 5.73 Å². The summed E-state index contributed by atoms with van der Waals surface area (Å²) in [5.74, 6) is 0. The van der Waals surface area contributed by atoms with E-state index in [1.807, 2.05) is 0 Å². The van der Waals surface area contributed by atoms with Gasteiger partial charge in [0.05, 0.1) is 4.92 Å². The van der Waals surface area contributed by atoms with Gasteiger partial charge in [0, 0.05) is 13.1 Å². The van der Waals surface area contributed by atoms with Crippen LogP contribution in [0.15, 0.2) is 15.8 Å². The van der Waals surface area contributed by atoms with E-state index in [1.54, 1.807) is 13.8 Å². The van der Waals surface area contributed by atoms with Gasteiger partial charge in [-0.25, -0.2) is 9.78 Å². The normalized spacial score (nSPS) is 10.9. The molecule has 0 aromatic carbocycles. The molecule has 9 nitrogen and oxygen atoms in total. The first-order valence-corrected chi connectivity index (χ1v) is 6.00. The molecule has 0 saturated carbocycles. The second-order valence-corrected chi connectivity index (χ2v) is 4.09. The molecule has 0 bridgehead atoms. The monoisotopic (exact) mass is 279 g/mol. The minimum Gasteiger partial charge on any atom is -0.392 e. The van der Waals surface area contributed by atoms with Gasteiger partial charge < -0.3 is 5.73 Å². The molecule has 0 amide bonds. The first-order valence-electron chi connectivity index (χ1n) is 6.00. The number of hydrogen-bond acceptors (Lipinski definition) is 6. The minimum atomic E-state index is -0.709. The van der Waals surface area contributed by atoms with Crippen molar-refractivity contribution in [1.82, 2.24) is 14.1 Å². The van der Waals surface area contributed by atoms with E-state index in [0.29, 0.717) is 0 Å². The summed E-state index contributed by atoms with van der Waals surface area (Å²) >= 11 is 0. The zero-order valence-electron chi connectivity index (χ0n) is 11.0. The van der Waals surface area contributed by atoms with E-state index in [0.717, 1.165) is 10.8 Å². The number of nitrogen functional groups attached to an aromatic ring is 1. The molecule has 0 spiro atoms. The van der Waals surface area contributed by atoms with Crippen LogP contribution in [0.1, 0.15) is 13.8 Å². The highest BCUT2D eigenvalue weighted by molar-refractivity contribution is 5.91. The molecule has 0 atom stereocenters. The summed E-state index contributed by atoms with van der Waals surface area (Å²) in [4.78, 5) is 38.4. The lowest BCUT2D eigenvalue weighted by molar-refractivity contribution is -0.384. The van der Waals surface area contributed by atoms with E-state index in [9.17, 15) is 19.7 Å². The lowest BCUT2D eigenvalue weighted by Crippen LogP contribution is -2.40. The van der Waals surface area contributed by atoms with Gasteiger partial charge in [0.2, 0.25) is 0 Å². The first kappa shape index (κ1) is 13.7. The van der Waals surface area contributed by atoms with E-state index < -0.39 is 21.9 Å². The standard InChI is InChI=1S/C11H13N5O4/c1-3-14-9-7(10(17)15(4-2)11(14)18)8(12)6(5-13-9)16(19)20/h5H,3-4H2,1-2H3,(H2,12,13). The lowest BCUT2D eigenvalue weighted by Gasteiger charge is -2.11. The summed E-state index contributed by atoms with van der Waals surface area (Å²) in [6.07, 6.45) is 0.957. The maximum Gasteiger partial charge on any atom is 0.332 e. The van der Waals surface area contributed by atoms with E-state index in [2.05, 4.69) is 4.98 Å². The average Bonchev–Trinajstić information content (AvgIpc) is 2.39. The van der Waals surface area contributed by atoms with Crippen LogP contribution in [0.5, 0.6) is 0 Å². The molecule has 2 rings (SSSR count). The number of nitrogens with two attached hydrogens (primary N) is 1. The van der Waals surface area contributed by atoms with Crippen molar-refractivity contribution in [3.05, 3.63) is 37.1 Å². The third-order valence-electron chi connectivity index (χ3n) is 3.08. The third kappa shape index (κ3) is 1.75. The fourth-order valence-corrected chi connectivity index (χ4v) is 2.09. The molecule has 0 unspecified atom stereocenters. The van der Waals surface area contributed by atoms with E-state index in [1.165, 1.54) is 4.57 Å². The van der Waals surface area contributed by atoms with E-state index >= 15 is 0 Å². The smallest absolute Gasteiger partial charge is 0.332 e. The fraction of sp³-hybridized carbons (Fsp3) is 0.364. The number of anilines is 1. The summed E-state index contributed by atoms with van der Waals surface area (Å²) in [7, 11) is 0. The van der Waals surface area contributed by atoms with Crippen LogP contribution in [0.4, 0.5) is 11.4 Å². The van der Waals surface area contributed by atoms with Crippen LogP contribution in [0.3, 0.4) is 0 Å². The predicted octanol–water partition coefficient (Wildman–Crippen LogP) is 0.0884. The van der Waals surface area contributed by atoms with Gasteiger partial charge >= 0.3 is 11.4 Å². The quantitative estimate of drug-likeness (QED) is 0.626. The number of hydrogen-bond donors (Lipinski definition) is 1. The SMILES string of the molecule is CCn1c(=O)c2c(N)c([N+](=O)[O-])cnc2n(CC)c1=O. The van der Waals surface area contributed by atoms with Gasteiger partial charge in [0.15, 0.2) is 5.65 Å². The first-order chi connectivity index (χ1) is 9.43. The van der Waals surface area contributed by atoms with Crippen molar-refractivity contribution in [1.29, 1.82) is 0 Å². The van der Waals surface area contributed by atoms with Gasteiger partial charge in [-0.15, -0.1) is 0 Å². The zero-order valence-corrected chi connectivity index (χ0v) is 11.0. The van der Waals surface area contributed by atoms with Crippen LogP contribution in [0.25, 0.3) is 11.0 Å². The van der Waals surface area contributed by atoms with Crippen molar-refractivity contribution in [3.8, 4) is 0 Å². The Balaban J connectivity index is 3.11. The Bertz CT molecular complexity index is 820. The van der Waals surface area contributed by atoms with Gasteiger partial charge in [-0.05, 0) is 13.8 Å². The topological polar surface area (TPSA) is 126 Å². The molecule has 0 aliphatic heterocycles. The molecule has 2 heterocycles. The highest BCUT2D eigenvalue weighted by Gasteiger charge is 2.21. The number of nitro groups is 1. The maximum atomic E-state index is 12.3. The summed E-state index contributed by atoms with van der Waals surface area (Å²) < 4.78 is 2.24.